The molecule has 0 unspecified atom stereocenters. The van der Waals surface area contributed by atoms with E-state index in [4.69, 9.17) is 9.47 Å². The van der Waals surface area contributed by atoms with Gasteiger partial charge in [0.1, 0.15) is 19.0 Å². The molecule has 0 bridgehead atoms. The predicted molar refractivity (Wildman–Crippen MR) is 103 cm³/mol. The highest BCUT2D eigenvalue weighted by Gasteiger charge is 2.17. The Morgan fingerprint density at radius 3 is 2.56 bits per heavy atom. The summed E-state index contributed by atoms with van der Waals surface area (Å²) in [5.41, 5.74) is 1.10. The third-order valence-electron chi connectivity index (χ3n) is 4.25. The summed E-state index contributed by atoms with van der Waals surface area (Å²) in [6.45, 7) is 4.59. The van der Waals surface area contributed by atoms with E-state index < -0.39 is 5.97 Å². The van der Waals surface area contributed by atoms with E-state index in [0.717, 1.165) is 12.2 Å². The van der Waals surface area contributed by atoms with Gasteiger partial charge in [0.25, 0.3) is 5.56 Å². The Morgan fingerprint density at radius 2 is 1.81 bits per heavy atom. The van der Waals surface area contributed by atoms with Crippen molar-refractivity contribution in [2.45, 2.75) is 26.8 Å². The fourth-order valence-electron chi connectivity index (χ4n) is 2.82. The fourth-order valence-corrected chi connectivity index (χ4v) is 2.82. The predicted octanol–water partition coefficient (Wildman–Crippen LogP) is 3.21. The summed E-state index contributed by atoms with van der Waals surface area (Å²) in [6.07, 6.45) is 0.929. The monoisotopic (exact) mass is 366 g/mol. The van der Waals surface area contributed by atoms with Crippen molar-refractivity contribution in [2.24, 2.45) is 0 Å². The second-order valence-corrected chi connectivity index (χ2v) is 6.00. The third kappa shape index (κ3) is 4.16. The van der Waals surface area contributed by atoms with Crippen LogP contribution in [0.25, 0.3) is 10.8 Å². The van der Waals surface area contributed by atoms with Crippen molar-refractivity contribution in [2.75, 3.05) is 13.2 Å². The summed E-state index contributed by atoms with van der Waals surface area (Å²) < 4.78 is 12.2. The van der Waals surface area contributed by atoms with Crippen LogP contribution in [0.1, 0.15) is 29.9 Å². The molecule has 0 saturated heterocycles. The van der Waals surface area contributed by atoms with Crippen LogP contribution < -0.4 is 10.3 Å². The summed E-state index contributed by atoms with van der Waals surface area (Å²) in [4.78, 5) is 24.8. The Bertz CT molecular complexity index is 1010. The molecule has 0 radical (unpaired) electrons. The first-order valence-electron chi connectivity index (χ1n) is 9.02. The average molecular weight is 366 g/mol. The van der Waals surface area contributed by atoms with E-state index in [0.29, 0.717) is 17.3 Å². The fraction of sp³-hybridized carbons (Fsp3) is 0.286. The second-order valence-electron chi connectivity index (χ2n) is 6.00. The van der Waals surface area contributed by atoms with Gasteiger partial charge in [0.15, 0.2) is 5.69 Å². The van der Waals surface area contributed by atoms with Crippen LogP contribution in [0.15, 0.2) is 53.3 Å². The molecule has 0 saturated carbocycles. The van der Waals surface area contributed by atoms with Gasteiger partial charge < -0.3 is 9.47 Å². The lowest BCUT2D eigenvalue weighted by atomic mass is 10.1. The Labute approximate surface area is 157 Å². The Balaban J connectivity index is 1.69. The van der Waals surface area contributed by atoms with Gasteiger partial charge in [-0.25, -0.2) is 9.48 Å². The molecule has 0 aliphatic rings. The lowest BCUT2D eigenvalue weighted by Crippen LogP contribution is -2.26. The quantitative estimate of drug-likeness (QED) is 0.474. The van der Waals surface area contributed by atoms with Gasteiger partial charge in [-0.15, -0.1) is 0 Å². The largest absolute Gasteiger partial charge is 0.490 e. The highest BCUT2D eigenvalue weighted by Crippen LogP contribution is 2.15. The van der Waals surface area contributed by atoms with Crippen molar-refractivity contribution in [1.29, 1.82) is 0 Å². The van der Waals surface area contributed by atoms with Crippen LogP contribution in [-0.2, 0) is 17.7 Å². The lowest BCUT2D eigenvalue weighted by Gasteiger charge is -2.10. The van der Waals surface area contributed by atoms with Crippen molar-refractivity contribution in [1.82, 2.24) is 9.78 Å². The number of esters is 1. The molecule has 6 nitrogen and oxygen atoms in total. The van der Waals surface area contributed by atoms with Gasteiger partial charge in [-0.05, 0) is 37.1 Å². The maximum atomic E-state index is 12.5. The van der Waals surface area contributed by atoms with Gasteiger partial charge in [0, 0.05) is 11.9 Å². The van der Waals surface area contributed by atoms with E-state index in [1.807, 2.05) is 24.3 Å². The summed E-state index contributed by atoms with van der Waals surface area (Å²) in [5.74, 6) is 0.174. The van der Waals surface area contributed by atoms with Crippen molar-refractivity contribution < 1.29 is 14.3 Å². The molecule has 0 amide bonds. The van der Waals surface area contributed by atoms with Crippen LogP contribution in [0.2, 0.25) is 0 Å². The minimum atomic E-state index is -0.570. The molecule has 1 aromatic heterocycles. The standard InChI is InChI=1S/C21H22N2O4/c1-3-15-8-7-9-16(14-15)26-12-13-27-21(25)19-17-10-5-6-11-18(17)20(24)23(4-2)22-19/h5-11,14H,3-4,12-13H2,1-2H3. The summed E-state index contributed by atoms with van der Waals surface area (Å²) >= 11 is 0. The second kappa shape index (κ2) is 8.49. The highest BCUT2D eigenvalue weighted by atomic mass is 16.6. The number of carbonyl (C=O) groups excluding carboxylic acids is 1. The lowest BCUT2D eigenvalue weighted by molar-refractivity contribution is 0.0443. The number of hydrogen-bond donors (Lipinski definition) is 0. The minimum absolute atomic E-state index is 0.0937. The van der Waals surface area contributed by atoms with Gasteiger partial charge in [0.2, 0.25) is 0 Å². The van der Waals surface area contributed by atoms with Crippen LogP contribution in [0, 0.1) is 0 Å². The van der Waals surface area contributed by atoms with Crippen LogP contribution in [0.4, 0.5) is 0 Å². The number of benzene rings is 2. The van der Waals surface area contributed by atoms with Gasteiger partial charge in [-0.1, -0.05) is 37.3 Å². The molecule has 0 aliphatic heterocycles. The number of aryl methyl sites for hydroxylation is 2. The van der Waals surface area contributed by atoms with Gasteiger partial charge in [0.05, 0.1) is 5.39 Å². The molecule has 6 heteroatoms. The van der Waals surface area contributed by atoms with Crippen molar-refractivity contribution >= 4 is 16.7 Å². The molecule has 0 aliphatic carbocycles. The van der Waals surface area contributed by atoms with Crippen LogP contribution >= 0.6 is 0 Å². The van der Waals surface area contributed by atoms with Gasteiger partial charge in [-0.2, -0.15) is 5.10 Å². The molecule has 3 rings (SSSR count). The molecular formula is C21H22N2O4. The zero-order chi connectivity index (χ0) is 19.2. The van der Waals surface area contributed by atoms with Crippen molar-refractivity contribution in [3.8, 4) is 5.75 Å². The first-order valence-corrected chi connectivity index (χ1v) is 9.02. The molecule has 140 valence electrons. The van der Waals surface area contributed by atoms with Crippen LogP contribution in [-0.4, -0.2) is 29.0 Å². The van der Waals surface area contributed by atoms with E-state index in [9.17, 15) is 9.59 Å². The van der Waals surface area contributed by atoms with E-state index in [2.05, 4.69) is 12.0 Å². The first kappa shape index (κ1) is 18.6. The molecular weight excluding hydrogens is 344 g/mol. The number of ether oxygens (including phenoxy) is 2. The van der Waals surface area contributed by atoms with Crippen LogP contribution in [0.5, 0.6) is 5.75 Å². The van der Waals surface area contributed by atoms with Crippen LogP contribution in [0.3, 0.4) is 0 Å². The van der Waals surface area contributed by atoms with E-state index in [-0.39, 0.29) is 24.5 Å². The molecule has 0 fully saturated rings. The smallest absolute Gasteiger partial charge is 0.359 e. The average Bonchev–Trinajstić information content (AvgIpc) is 2.71. The minimum Gasteiger partial charge on any atom is -0.490 e. The van der Waals surface area contributed by atoms with Gasteiger partial charge >= 0.3 is 5.97 Å². The number of aromatic nitrogens is 2. The Morgan fingerprint density at radius 1 is 1.04 bits per heavy atom. The molecule has 0 atom stereocenters. The molecule has 0 spiro atoms. The van der Waals surface area contributed by atoms with E-state index in [1.54, 1.807) is 31.2 Å². The topological polar surface area (TPSA) is 70.4 Å². The molecule has 2 aromatic carbocycles. The number of nitrogens with zero attached hydrogens (tertiary/aromatic N) is 2. The zero-order valence-corrected chi connectivity index (χ0v) is 15.5. The first-order chi connectivity index (χ1) is 13.1. The summed E-state index contributed by atoms with van der Waals surface area (Å²) in [7, 11) is 0. The third-order valence-corrected chi connectivity index (χ3v) is 4.25. The zero-order valence-electron chi connectivity index (χ0n) is 15.5. The number of rotatable bonds is 7. The molecule has 3 aromatic rings. The summed E-state index contributed by atoms with van der Waals surface area (Å²) in [5, 5.41) is 5.11. The normalized spacial score (nSPS) is 10.7. The molecule has 1 heterocycles. The maximum absolute atomic E-state index is 12.5. The SMILES string of the molecule is CCc1cccc(OCCOC(=O)c2nn(CC)c(=O)c3ccccc23)c1. The van der Waals surface area contributed by atoms with Gasteiger partial charge in [-0.3, -0.25) is 4.79 Å². The molecule has 27 heavy (non-hydrogen) atoms. The van der Waals surface area contributed by atoms with Crippen molar-refractivity contribution in [3.63, 3.8) is 0 Å². The maximum Gasteiger partial charge on any atom is 0.359 e. The van der Waals surface area contributed by atoms with E-state index >= 15 is 0 Å². The number of carbonyl (C=O) groups is 1. The Kier molecular flexibility index (Phi) is 5.86. The van der Waals surface area contributed by atoms with Crippen molar-refractivity contribution in [3.05, 3.63) is 70.1 Å². The Hall–Kier alpha value is -3.15. The number of hydrogen-bond acceptors (Lipinski definition) is 5. The van der Waals surface area contributed by atoms with E-state index in [1.165, 1.54) is 10.2 Å². The number of fused-ring (bicyclic) bond motifs is 1. The highest BCUT2D eigenvalue weighted by molar-refractivity contribution is 6.02. The molecule has 0 N–H and O–H groups in total. The summed E-state index contributed by atoms with van der Waals surface area (Å²) in [6, 6.07) is 14.7.